The molecule has 0 bridgehead atoms. The van der Waals surface area contributed by atoms with Crippen molar-refractivity contribution in [3.05, 3.63) is 46.6 Å². The number of fused-ring (bicyclic) bond motifs is 1. The van der Waals surface area contributed by atoms with Gasteiger partial charge in [-0.25, -0.2) is 4.98 Å². The summed E-state index contributed by atoms with van der Waals surface area (Å²) in [6.07, 6.45) is 7.31. The second kappa shape index (κ2) is 4.30. The number of nitrogens with zero attached hydrogens (tertiary/aromatic N) is 4. The summed E-state index contributed by atoms with van der Waals surface area (Å²) in [5.74, 6) is 0. The summed E-state index contributed by atoms with van der Waals surface area (Å²) >= 11 is 0. The van der Waals surface area contributed by atoms with Gasteiger partial charge in [-0.2, -0.15) is 0 Å². The molecule has 0 aliphatic rings. The molecular weight excluding hydrogens is 190 g/mol. The first-order valence-corrected chi connectivity index (χ1v) is 4.50. The molecule has 5 nitrogen and oxygen atoms in total. The number of azide groups is 1. The highest BCUT2D eigenvalue weighted by atomic mass is 15.1. The molecule has 0 amide bonds. The lowest BCUT2D eigenvalue weighted by molar-refractivity contribution is 1.22. The minimum absolute atomic E-state index is 0.363. The Balaban J connectivity index is 2.20. The molecule has 2 aromatic rings. The van der Waals surface area contributed by atoms with Crippen LogP contribution in [-0.4, -0.2) is 16.5 Å². The summed E-state index contributed by atoms with van der Waals surface area (Å²) in [7, 11) is 0. The van der Waals surface area contributed by atoms with E-state index < -0.39 is 0 Å². The van der Waals surface area contributed by atoms with Crippen LogP contribution in [0.3, 0.4) is 0 Å². The predicted molar refractivity (Wildman–Crippen MR) is 59.1 cm³/mol. The lowest BCUT2D eigenvalue weighted by Crippen LogP contribution is -1.78. The number of H-pyrrole nitrogens is 1. The van der Waals surface area contributed by atoms with Gasteiger partial charge in [0.15, 0.2) is 0 Å². The maximum Gasteiger partial charge on any atom is 0.137 e. The number of pyridine rings is 1. The Morgan fingerprint density at radius 3 is 3.40 bits per heavy atom. The van der Waals surface area contributed by atoms with Gasteiger partial charge in [0, 0.05) is 29.2 Å². The largest absolute Gasteiger partial charge is 0.346 e. The molecule has 5 heteroatoms. The van der Waals surface area contributed by atoms with E-state index in [1.807, 2.05) is 24.4 Å². The summed E-state index contributed by atoms with van der Waals surface area (Å²) in [5.41, 5.74) is 9.96. The molecule has 0 unspecified atom stereocenters. The number of aromatic amines is 1. The number of aromatic nitrogens is 2. The smallest absolute Gasteiger partial charge is 0.137 e. The molecule has 2 rings (SSSR count). The third-order valence-electron chi connectivity index (χ3n) is 1.98. The maximum absolute atomic E-state index is 8.08. The Labute approximate surface area is 86.1 Å². The molecule has 74 valence electrons. The van der Waals surface area contributed by atoms with Crippen LogP contribution in [0.2, 0.25) is 0 Å². The molecule has 0 aromatic carbocycles. The van der Waals surface area contributed by atoms with Crippen LogP contribution in [0.15, 0.2) is 35.7 Å². The standard InChI is InChI=1S/C10H9N5/c11-15-14-4-1-2-8-6-9-3-5-12-10(9)13-7-8/h1-3,5-7H,4H2,(H,12,13). The Morgan fingerprint density at radius 1 is 1.60 bits per heavy atom. The zero-order valence-electron chi connectivity index (χ0n) is 7.96. The van der Waals surface area contributed by atoms with Gasteiger partial charge in [0.25, 0.3) is 0 Å². The van der Waals surface area contributed by atoms with Crippen molar-refractivity contribution in [2.75, 3.05) is 6.54 Å². The van der Waals surface area contributed by atoms with Crippen molar-refractivity contribution in [3.8, 4) is 0 Å². The number of hydrogen-bond acceptors (Lipinski definition) is 2. The van der Waals surface area contributed by atoms with Crippen molar-refractivity contribution in [3.63, 3.8) is 0 Å². The van der Waals surface area contributed by atoms with Crippen LogP contribution in [0.25, 0.3) is 27.6 Å². The zero-order valence-corrected chi connectivity index (χ0v) is 7.96. The first-order chi connectivity index (χ1) is 7.40. The van der Waals surface area contributed by atoms with E-state index in [1.54, 1.807) is 12.3 Å². The summed E-state index contributed by atoms with van der Waals surface area (Å²) in [6, 6.07) is 3.98. The van der Waals surface area contributed by atoms with Gasteiger partial charge >= 0.3 is 0 Å². The van der Waals surface area contributed by atoms with E-state index in [1.165, 1.54) is 0 Å². The Morgan fingerprint density at radius 2 is 2.53 bits per heavy atom. The second-order valence-electron chi connectivity index (χ2n) is 3.00. The average Bonchev–Trinajstić information content (AvgIpc) is 2.71. The highest BCUT2D eigenvalue weighted by molar-refractivity contribution is 5.77. The molecule has 1 N–H and O–H groups in total. The van der Waals surface area contributed by atoms with Crippen LogP contribution < -0.4 is 0 Å². The van der Waals surface area contributed by atoms with Crippen molar-refractivity contribution in [2.24, 2.45) is 5.11 Å². The summed E-state index contributed by atoms with van der Waals surface area (Å²) in [4.78, 5) is 9.91. The highest BCUT2D eigenvalue weighted by Gasteiger charge is 1.94. The van der Waals surface area contributed by atoms with E-state index in [-0.39, 0.29) is 0 Å². The Hall–Kier alpha value is -2.26. The Bertz CT molecular complexity index is 533. The fourth-order valence-corrected chi connectivity index (χ4v) is 1.32. The van der Waals surface area contributed by atoms with Crippen molar-refractivity contribution >= 4 is 17.1 Å². The molecule has 2 aromatic heterocycles. The minimum Gasteiger partial charge on any atom is -0.346 e. The SMILES string of the molecule is [N-]=[N+]=NCC=Cc1cnc2[nH]ccc2c1. The lowest BCUT2D eigenvalue weighted by Gasteiger charge is -1.92. The highest BCUT2D eigenvalue weighted by Crippen LogP contribution is 2.12. The van der Waals surface area contributed by atoms with Crippen molar-refractivity contribution in [2.45, 2.75) is 0 Å². The third-order valence-corrected chi connectivity index (χ3v) is 1.98. The normalized spacial score (nSPS) is 10.7. The number of nitrogens with one attached hydrogen (secondary N) is 1. The third kappa shape index (κ3) is 2.15. The molecule has 0 aliphatic heterocycles. The van der Waals surface area contributed by atoms with Crippen LogP contribution >= 0.6 is 0 Å². The van der Waals surface area contributed by atoms with E-state index in [9.17, 15) is 0 Å². The van der Waals surface area contributed by atoms with E-state index in [0.29, 0.717) is 6.54 Å². The molecule has 0 saturated carbocycles. The molecule has 0 fully saturated rings. The van der Waals surface area contributed by atoms with Crippen LogP contribution in [0, 0.1) is 0 Å². The van der Waals surface area contributed by atoms with E-state index >= 15 is 0 Å². The minimum atomic E-state index is 0.363. The molecule has 2 heterocycles. The predicted octanol–water partition coefficient (Wildman–Crippen LogP) is 2.89. The average molecular weight is 199 g/mol. The topological polar surface area (TPSA) is 77.4 Å². The van der Waals surface area contributed by atoms with Gasteiger partial charge < -0.3 is 4.98 Å². The summed E-state index contributed by atoms with van der Waals surface area (Å²) < 4.78 is 0. The fraction of sp³-hybridized carbons (Fsp3) is 0.100. The molecule has 15 heavy (non-hydrogen) atoms. The Kier molecular flexibility index (Phi) is 2.67. The first-order valence-electron chi connectivity index (χ1n) is 4.50. The van der Waals surface area contributed by atoms with Gasteiger partial charge in [0.05, 0.1) is 0 Å². The van der Waals surface area contributed by atoms with Crippen molar-refractivity contribution < 1.29 is 0 Å². The van der Waals surface area contributed by atoms with E-state index in [2.05, 4.69) is 20.0 Å². The number of hydrogen-bond donors (Lipinski definition) is 1. The molecule has 0 atom stereocenters. The first kappa shape index (κ1) is 9.30. The van der Waals surface area contributed by atoms with Crippen LogP contribution in [-0.2, 0) is 0 Å². The van der Waals surface area contributed by atoms with Gasteiger partial charge in [0.1, 0.15) is 5.65 Å². The van der Waals surface area contributed by atoms with Crippen molar-refractivity contribution in [1.29, 1.82) is 0 Å². The van der Waals surface area contributed by atoms with E-state index in [4.69, 9.17) is 5.53 Å². The van der Waals surface area contributed by atoms with Crippen LogP contribution in [0.5, 0.6) is 0 Å². The molecule has 0 spiro atoms. The van der Waals surface area contributed by atoms with Crippen LogP contribution in [0.1, 0.15) is 5.56 Å². The summed E-state index contributed by atoms with van der Waals surface area (Å²) in [5, 5.41) is 4.48. The molecule has 0 saturated heterocycles. The van der Waals surface area contributed by atoms with Crippen LogP contribution in [0.4, 0.5) is 0 Å². The molecule has 0 radical (unpaired) electrons. The van der Waals surface area contributed by atoms with Gasteiger partial charge in [-0.05, 0) is 23.2 Å². The monoisotopic (exact) mass is 199 g/mol. The van der Waals surface area contributed by atoms with Gasteiger partial charge in [0.2, 0.25) is 0 Å². The molecular formula is C10H9N5. The quantitative estimate of drug-likeness (QED) is 0.460. The van der Waals surface area contributed by atoms with Gasteiger partial charge in [-0.1, -0.05) is 17.3 Å². The second-order valence-corrected chi connectivity index (χ2v) is 3.00. The fourth-order valence-electron chi connectivity index (χ4n) is 1.32. The molecule has 0 aliphatic carbocycles. The lowest BCUT2D eigenvalue weighted by atomic mass is 10.2. The van der Waals surface area contributed by atoms with E-state index in [0.717, 1.165) is 16.6 Å². The maximum atomic E-state index is 8.08. The van der Waals surface area contributed by atoms with Gasteiger partial charge in [-0.3, -0.25) is 0 Å². The summed E-state index contributed by atoms with van der Waals surface area (Å²) in [6.45, 7) is 0.363. The number of rotatable bonds is 3. The zero-order chi connectivity index (χ0) is 10.5. The van der Waals surface area contributed by atoms with Gasteiger partial charge in [-0.15, -0.1) is 0 Å². The van der Waals surface area contributed by atoms with Crippen molar-refractivity contribution in [1.82, 2.24) is 9.97 Å².